The van der Waals surface area contributed by atoms with Crippen molar-refractivity contribution in [2.24, 2.45) is 0 Å². The topological polar surface area (TPSA) is 42.5 Å². The summed E-state index contributed by atoms with van der Waals surface area (Å²) in [6, 6.07) is 3.97. The van der Waals surface area contributed by atoms with Crippen LogP contribution in [0.4, 0.5) is 11.4 Å². The Balaban J connectivity index is 2.06. The van der Waals surface area contributed by atoms with Crippen LogP contribution in [0.15, 0.2) is 12.1 Å². The average molecular weight is 192 g/mol. The third-order valence-corrected chi connectivity index (χ3v) is 2.43. The molecule has 0 unspecified atom stereocenters. The van der Waals surface area contributed by atoms with Gasteiger partial charge in [-0.25, -0.2) is 0 Å². The van der Waals surface area contributed by atoms with Crippen LogP contribution in [-0.4, -0.2) is 19.4 Å². The molecule has 1 aromatic carbocycles. The Morgan fingerprint density at radius 1 is 1.07 bits per heavy atom. The third kappa shape index (κ3) is 1.07. The van der Waals surface area contributed by atoms with Crippen LogP contribution in [0.1, 0.15) is 6.92 Å². The zero-order chi connectivity index (χ0) is 9.54. The molecule has 4 heteroatoms. The molecule has 0 radical (unpaired) electrons. The van der Waals surface area contributed by atoms with E-state index in [0.717, 1.165) is 22.9 Å². The molecule has 0 saturated heterocycles. The molecule has 3 rings (SSSR count). The fourth-order valence-electron chi connectivity index (χ4n) is 1.83. The van der Waals surface area contributed by atoms with Crippen molar-refractivity contribution < 1.29 is 9.47 Å². The summed E-state index contributed by atoms with van der Waals surface area (Å²) < 4.78 is 11.0. The third-order valence-electron chi connectivity index (χ3n) is 2.43. The quantitative estimate of drug-likeness (QED) is 0.655. The van der Waals surface area contributed by atoms with E-state index >= 15 is 0 Å². The van der Waals surface area contributed by atoms with Gasteiger partial charge in [0.05, 0.1) is 17.5 Å². The fraction of sp³-hybridized carbons (Fsp3) is 0.400. The highest BCUT2D eigenvalue weighted by atomic mass is 16.6. The maximum Gasteiger partial charge on any atom is 0.163 e. The highest BCUT2D eigenvalue weighted by Gasteiger charge is 2.21. The lowest BCUT2D eigenvalue weighted by molar-refractivity contribution is 0.172. The maximum absolute atomic E-state index is 5.49. The van der Waals surface area contributed by atoms with Crippen LogP contribution >= 0.6 is 0 Å². The van der Waals surface area contributed by atoms with Gasteiger partial charge in [0.15, 0.2) is 11.5 Å². The van der Waals surface area contributed by atoms with Crippen molar-refractivity contribution in [2.45, 2.75) is 13.1 Å². The van der Waals surface area contributed by atoms with Gasteiger partial charge < -0.3 is 20.1 Å². The average Bonchev–Trinajstić information content (AvgIpc) is 2.53. The summed E-state index contributed by atoms with van der Waals surface area (Å²) in [6.07, 6.45) is 0.272. The van der Waals surface area contributed by atoms with Gasteiger partial charge in [0, 0.05) is 12.1 Å². The molecule has 0 saturated carbocycles. The van der Waals surface area contributed by atoms with E-state index in [1.807, 2.05) is 12.1 Å². The van der Waals surface area contributed by atoms with Gasteiger partial charge in [-0.05, 0) is 6.92 Å². The Morgan fingerprint density at radius 2 is 1.57 bits per heavy atom. The minimum absolute atomic E-state index is 0.272. The van der Waals surface area contributed by atoms with Crippen LogP contribution in [-0.2, 0) is 0 Å². The van der Waals surface area contributed by atoms with E-state index in [9.17, 15) is 0 Å². The molecule has 2 N–H and O–H groups in total. The molecule has 74 valence electrons. The van der Waals surface area contributed by atoms with Gasteiger partial charge in [-0.2, -0.15) is 0 Å². The Labute approximate surface area is 82.2 Å². The Kier molecular flexibility index (Phi) is 1.50. The molecule has 0 amide bonds. The molecule has 1 aromatic rings. The van der Waals surface area contributed by atoms with E-state index in [1.165, 1.54) is 0 Å². The van der Waals surface area contributed by atoms with Gasteiger partial charge in [0.2, 0.25) is 0 Å². The number of nitrogens with one attached hydrogen (secondary N) is 2. The molecule has 2 aliphatic heterocycles. The van der Waals surface area contributed by atoms with Crippen molar-refractivity contribution in [2.75, 3.05) is 23.8 Å². The van der Waals surface area contributed by atoms with Crippen LogP contribution in [0.25, 0.3) is 0 Å². The van der Waals surface area contributed by atoms with E-state index in [4.69, 9.17) is 9.47 Å². The largest absolute Gasteiger partial charge is 0.486 e. The second-order valence-corrected chi connectivity index (χ2v) is 3.55. The normalized spacial score (nSPS) is 18.4. The SMILES string of the molecule is CC1Nc2cc3c(cc2N1)OCCO3. The number of benzene rings is 1. The Bertz CT molecular complexity index is 344. The van der Waals surface area contributed by atoms with E-state index in [0.29, 0.717) is 13.2 Å². The van der Waals surface area contributed by atoms with Crippen LogP contribution in [0.2, 0.25) is 0 Å². The Hall–Kier alpha value is -1.58. The molecular weight excluding hydrogens is 180 g/mol. The van der Waals surface area contributed by atoms with E-state index in [-0.39, 0.29) is 6.17 Å². The molecule has 0 aliphatic carbocycles. The second-order valence-electron chi connectivity index (χ2n) is 3.55. The molecule has 0 atom stereocenters. The standard InChI is InChI=1S/C10H12N2O2/c1-6-11-7-4-9-10(5-8(7)12-6)14-3-2-13-9/h4-6,11-12H,2-3H2,1H3. The minimum Gasteiger partial charge on any atom is -0.486 e. The van der Waals surface area contributed by atoms with Gasteiger partial charge in [0.25, 0.3) is 0 Å². The monoisotopic (exact) mass is 192 g/mol. The number of rotatable bonds is 0. The smallest absolute Gasteiger partial charge is 0.163 e. The lowest BCUT2D eigenvalue weighted by Crippen LogP contribution is -2.16. The van der Waals surface area contributed by atoms with Crippen molar-refractivity contribution in [3.63, 3.8) is 0 Å². The Morgan fingerprint density at radius 3 is 2.07 bits per heavy atom. The predicted molar refractivity (Wildman–Crippen MR) is 54.1 cm³/mol. The summed E-state index contributed by atoms with van der Waals surface area (Å²) in [6.45, 7) is 3.34. The first-order chi connectivity index (χ1) is 6.83. The fourth-order valence-corrected chi connectivity index (χ4v) is 1.83. The van der Waals surface area contributed by atoms with Gasteiger partial charge >= 0.3 is 0 Å². The summed E-state index contributed by atoms with van der Waals surface area (Å²) in [4.78, 5) is 0. The highest BCUT2D eigenvalue weighted by Crippen LogP contribution is 2.40. The zero-order valence-corrected chi connectivity index (χ0v) is 7.96. The number of hydrogen-bond acceptors (Lipinski definition) is 4. The van der Waals surface area contributed by atoms with E-state index in [1.54, 1.807) is 0 Å². The first-order valence-electron chi connectivity index (χ1n) is 4.79. The predicted octanol–water partition coefficient (Wildman–Crippen LogP) is 1.64. The molecule has 4 nitrogen and oxygen atoms in total. The number of anilines is 2. The molecule has 14 heavy (non-hydrogen) atoms. The molecule has 0 fully saturated rings. The van der Waals surface area contributed by atoms with Crippen molar-refractivity contribution in [1.82, 2.24) is 0 Å². The summed E-state index contributed by atoms with van der Waals surface area (Å²) in [5, 5.41) is 6.60. The minimum atomic E-state index is 0.272. The maximum atomic E-state index is 5.49. The molecular formula is C10H12N2O2. The van der Waals surface area contributed by atoms with Gasteiger partial charge in [-0.3, -0.25) is 0 Å². The van der Waals surface area contributed by atoms with Gasteiger partial charge in [-0.1, -0.05) is 0 Å². The number of fused-ring (bicyclic) bond motifs is 2. The van der Waals surface area contributed by atoms with E-state index in [2.05, 4.69) is 17.6 Å². The van der Waals surface area contributed by atoms with Crippen LogP contribution in [0.5, 0.6) is 11.5 Å². The molecule has 0 aromatic heterocycles. The first-order valence-corrected chi connectivity index (χ1v) is 4.79. The number of ether oxygens (including phenoxy) is 2. The van der Waals surface area contributed by atoms with Crippen molar-refractivity contribution >= 4 is 11.4 Å². The van der Waals surface area contributed by atoms with Crippen molar-refractivity contribution in [3.05, 3.63) is 12.1 Å². The van der Waals surface area contributed by atoms with Crippen LogP contribution < -0.4 is 20.1 Å². The molecule has 2 heterocycles. The summed E-state index contributed by atoms with van der Waals surface area (Å²) in [5.74, 6) is 1.66. The van der Waals surface area contributed by atoms with Gasteiger partial charge in [0.1, 0.15) is 13.2 Å². The molecule has 2 aliphatic rings. The van der Waals surface area contributed by atoms with Gasteiger partial charge in [-0.15, -0.1) is 0 Å². The zero-order valence-electron chi connectivity index (χ0n) is 7.96. The van der Waals surface area contributed by atoms with Crippen molar-refractivity contribution in [1.29, 1.82) is 0 Å². The summed E-state index contributed by atoms with van der Waals surface area (Å²) in [5.41, 5.74) is 2.17. The second kappa shape index (κ2) is 2.70. The highest BCUT2D eigenvalue weighted by molar-refractivity contribution is 5.78. The summed E-state index contributed by atoms with van der Waals surface area (Å²) >= 11 is 0. The summed E-state index contributed by atoms with van der Waals surface area (Å²) in [7, 11) is 0. The van der Waals surface area contributed by atoms with Crippen LogP contribution in [0.3, 0.4) is 0 Å². The number of hydrogen-bond donors (Lipinski definition) is 2. The lowest BCUT2D eigenvalue weighted by Gasteiger charge is -2.18. The first kappa shape index (κ1) is 7.79. The van der Waals surface area contributed by atoms with Crippen molar-refractivity contribution in [3.8, 4) is 11.5 Å². The van der Waals surface area contributed by atoms with E-state index < -0.39 is 0 Å². The molecule has 0 spiro atoms. The molecule has 0 bridgehead atoms. The lowest BCUT2D eigenvalue weighted by atomic mass is 10.2. The van der Waals surface area contributed by atoms with Crippen LogP contribution in [0, 0.1) is 0 Å².